The van der Waals surface area contributed by atoms with Crippen molar-refractivity contribution < 1.29 is 101 Å². The first-order chi connectivity index (χ1) is 59.1. The summed E-state index contributed by atoms with van der Waals surface area (Å²) in [7, 11) is -0.718. The van der Waals surface area contributed by atoms with Crippen LogP contribution in [0.15, 0.2) is 340 Å². The van der Waals surface area contributed by atoms with E-state index >= 15 is 0 Å². The van der Waals surface area contributed by atoms with Crippen LogP contribution >= 0.6 is 0 Å². The Hall–Kier alpha value is -11.4. The monoisotopic (exact) mass is 2540 g/mol. The van der Waals surface area contributed by atoms with Crippen molar-refractivity contribution in [2.24, 2.45) is 7.05 Å². The SMILES string of the molecule is Cc1cc(C)c(-c2cnc3c4[c-]cccc4c4ccc(C)cc4n23)c(C)c1.Cc1cc(C)c(-n2ccnc2-c2[c-]ccc([Si](c3ccccc3)(c3ccccc3)c3ccccc3)c2)c(C)c1.Cc1cccc(C)c1-c1cnn2c3[c-]cccc3c3ccccc3c12.Cc1cn2c3ccccc3c3ccc[c-]c3c2n1.Cn1ccc(-c2[c-]cccc2)n1.[Ir].[Ir].[Ir].[Ir].[Ir]. The molecule has 14 aromatic carbocycles. The summed E-state index contributed by atoms with van der Waals surface area (Å²) in [4.78, 5) is 14.3. The number of aryl methyl sites for hydroxylation is 11. The zero-order chi connectivity index (χ0) is 83.0. The molecule has 10 nitrogen and oxygen atoms in total. The first-order valence-corrected chi connectivity index (χ1v) is 43.1. The molecular formula is C110H89Ir5N10Si-5. The van der Waals surface area contributed by atoms with Crippen molar-refractivity contribution in [3.05, 3.63) is 427 Å². The maximum atomic E-state index is 4.86. The van der Waals surface area contributed by atoms with Gasteiger partial charge in [0.15, 0.2) is 8.07 Å². The number of fused-ring (bicyclic) bond motifs is 18. The van der Waals surface area contributed by atoms with E-state index in [9.17, 15) is 0 Å². The molecule has 0 spiro atoms. The number of rotatable bonds is 9. The van der Waals surface area contributed by atoms with Crippen molar-refractivity contribution in [2.45, 2.75) is 69.2 Å². The van der Waals surface area contributed by atoms with Crippen molar-refractivity contribution in [2.75, 3.05) is 0 Å². The molecule has 22 rings (SSSR count). The van der Waals surface area contributed by atoms with E-state index in [1.54, 1.807) is 4.68 Å². The van der Waals surface area contributed by atoms with Gasteiger partial charge in [-0.3, -0.25) is 24.1 Å². The molecule has 126 heavy (non-hydrogen) atoms. The first-order valence-electron chi connectivity index (χ1n) is 41.1. The number of hydrogen-bond donors (Lipinski definition) is 0. The second kappa shape index (κ2) is 40.1. The molecule has 0 unspecified atom stereocenters. The van der Waals surface area contributed by atoms with E-state index in [1.807, 2.05) is 104 Å². The van der Waals surface area contributed by atoms with Crippen molar-refractivity contribution in [3.8, 4) is 50.7 Å². The van der Waals surface area contributed by atoms with Crippen LogP contribution in [-0.4, -0.2) is 55.8 Å². The minimum atomic E-state index is -2.63. The summed E-state index contributed by atoms with van der Waals surface area (Å²) in [5.41, 5.74) is 28.0. The summed E-state index contributed by atoms with van der Waals surface area (Å²) >= 11 is 0. The molecule has 8 heterocycles. The zero-order valence-electron chi connectivity index (χ0n) is 71.5. The Morgan fingerprint density at radius 1 is 0.365 bits per heavy atom. The molecule has 5 radical (unpaired) electrons. The second-order valence-electron chi connectivity index (χ2n) is 31.5. The van der Waals surface area contributed by atoms with Crippen LogP contribution in [0, 0.1) is 99.6 Å². The van der Waals surface area contributed by atoms with Gasteiger partial charge in [-0.15, -0.1) is 136 Å². The van der Waals surface area contributed by atoms with Crippen LogP contribution in [0.3, 0.4) is 0 Å². The van der Waals surface area contributed by atoms with Crippen molar-refractivity contribution in [1.82, 2.24) is 47.7 Å². The minimum Gasteiger partial charge on any atom is -0.340 e. The number of imidazole rings is 3. The summed E-state index contributed by atoms with van der Waals surface area (Å²) in [6.07, 6.45) is 12.0. The third-order valence-corrected chi connectivity index (χ3v) is 27.9. The van der Waals surface area contributed by atoms with Crippen molar-refractivity contribution in [3.63, 3.8) is 0 Å². The normalized spacial score (nSPS) is 11.0. The third kappa shape index (κ3) is 17.7. The maximum absolute atomic E-state index is 4.86. The van der Waals surface area contributed by atoms with Gasteiger partial charge in [0.2, 0.25) is 0 Å². The van der Waals surface area contributed by atoms with E-state index < -0.39 is 8.07 Å². The summed E-state index contributed by atoms with van der Waals surface area (Å²) in [6.45, 7) is 21.5. The van der Waals surface area contributed by atoms with E-state index in [0.717, 1.165) is 67.1 Å². The molecule has 16 heteroatoms. The van der Waals surface area contributed by atoms with E-state index in [2.05, 4.69) is 371 Å². The van der Waals surface area contributed by atoms with Gasteiger partial charge in [0.25, 0.3) is 0 Å². The molecule has 22 aromatic rings. The molecule has 8 aromatic heterocycles. The van der Waals surface area contributed by atoms with Crippen LogP contribution in [0.25, 0.3) is 133 Å². The molecule has 633 valence electrons. The third-order valence-electron chi connectivity index (χ3n) is 23.2. The Morgan fingerprint density at radius 2 is 0.905 bits per heavy atom. The van der Waals surface area contributed by atoms with Gasteiger partial charge in [-0.1, -0.05) is 221 Å². The Kier molecular flexibility index (Phi) is 29.3. The quantitative estimate of drug-likeness (QED) is 0.0622. The molecule has 0 atom stereocenters. The van der Waals surface area contributed by atoms with Crippen LogP contribution < -0.4 is 20.7 Å². The Labute approximate surface area is 804 Å². The standard InChI is InChI=1S/C36H31N2Si.C25H21N2.C23H17N2.C16H11N2.C10H9N2.5Ir/c1-27-24-28(2)35(29(3)25-27)38-23-22-37-36(38)30-14-13-21-34(26-30)39(31-15-7-4-8-16-31,32-17-9-5-10-18-32)33-19-11-6-12-20-33;1-15-9-10-20-19-7-5-6-8-21(19)25-26-14-23(27(25)22(20)13-15)24-17(3)11-16(2)12-18(24)4;1-15-8-7-9-16(2)22(15)20-14-24-25-21-13-6-5-11-18(21)17-10-3-4-12-19(17)23(20)25;1-11-10-18-15-9-5-4-7-13(15)12-6-2-3-8-14(12)16(18)17-11;1-12-8-7-10(11-12)9-5-3-2-4-6-9;;;;;/h4-13,15-26H,1-3H3;5-7,9-14H,1-4H3;3-12,14H,1-2H3;2-7,9-10H,1H3;2-5,7-8H,1H3;;;;;/q5*-1;;;;;. The molecule has 0 aliphatic heterocycles. The predicted molar refractivity (Wildman–Crippen MR) is 504 cm³/mol. The molecule has 0 bridgehead atoms. The Bertz CT molecular complexity index is 7390. The Morgan fingerprint density at radius 3 is 1.52 bits per heavy atom. The van der Waals surface area contributed by atoms with Crippen molar-refractivity contribution >= 4 is 111 Å². The number of aromatic nitrogens is 10. The van der Waals surface area contributed by atoms with Gasteiger partial charge >= 0.3 is 0 Å². The first kappa shape index (κ1) is 92.3. The average molecular weight is 2540 g/mol. The van der Waals surface area contributed by atoms with Gasteiger partial charge in [0, 0.05) is 178 Å². The van der Waals surface area contributed by atoms with Gasteiger partial charge in [-0.2, -0.15) is 29.4 Å². The second-order valence-corrected chi connectivity index (χ2v) is 35.3. The zero-order valence-corrected chi connectivity index (χ0v) is 84.4. The molecule has 0 aliphatic carbocycles. The number of para-hydroxylation sites is 2. The molecule has 0 N–H and O–H groups in total. The van der Waals surface area contributed by atoms with Gasteiger partial charge < -0.3 is 13.4 Å². The van der Waals surface area contributed by atoms with Crippen LogP contribution in [0.4, 0.5) is 0 Å². The van der Waals surface area contributed by atoms with Gasteiger partial charge in [0.05, 0.1) is 34.5 Å². The van der Waals surface area contributed by atoms with Gasteiger partial charge in [-0.25, -0.2) is 5.10 Å². The summed E-state index contributed by atoms with van der Waals surface area (Å²) in [5, 5.41) is 25.1. The van der Waals surface area contributed by atoms with Crippen LogP contribution in [0.5, 0.6) is 0 Å². The number of nitrogens with zero attached hydrogens (tertiary/aromatic N) is 10. The summed E-state index contributed by atoms with van der Waals surface area (Å²) < 4.78 is 10.5. The van der Waals surface area contributed by atoms with Gasteiger partial charge in [0.1, 0.15) is 0 Å². The largest absolute Gasteiger partial charge is 0.340 e. The van der Waals surface area contributed by atoms with Crippen LogP contribution in [-0.2, 0) is 108 Å². The molecule has 0 saturated carbocycles. The van der Waals surface area contributed by atoms with Crippen LogP contribution in [0.1, 0.15) is 55.8 Å². The maximum Gasteiger partial charge on any atom is 0.161 e. The molecule has 0 amide bonds. The summed E-state index contributed by atoms with van der Waals surface area (Å²) in [6, 6.07) is 124. The molecular weight excluding hydrogens is 2450 g/mol. The fourth-order valence-corrected chi connectivity index (χ4v) is 23.0. The minimum absolute atomic E-state index is 0. The smallest absolute Gasteiger partial charge is 0.161 e. The number of benzene rings is 14. The fourth-order valence-electron chi connectivity index (χ4n) is 18.2. The molecule has 0 saturated heterocycles. The average Bonchev–Trinajstić information content (AvgIpc) is 1.69. The Balaban J connectivity index is 0.000000139. The topological polar surface area (TPSA) is 87.5 Å². The van der Waals surface area contributed by atoms with E-state index in [0.29, 0.717) is 0 Å². The van der Waals surface area contributed by atoms with Crippen molar-refractivity contribution in [1.29, 1.82) is 0 Å². The molecule has 0 fully saturated rings. The van der Waals surface area contributed by atoms with E-state index in [4.69, 9.17) is 15.1 Å². The number of pyridine rings is 3. The fraction of sp³-hybridized carbons (Fsp3) is 0.100. The molecule has 0 aliphatic rings. The summed E-state index contributed by atoms with van der Waals surface area (Å²) in [5.74, 6) is 0.906. The van der Waals surface area contributed by atoms with E-state index in [1.165, 1.54) is 142 Å². The van der Waals surface area contributed by atoms with Gasteiger partial charge in [-0.05, 0) is 163 Å². The number of hydrogen-bond acceptors (Lipinski definition) is 5. The predicted octanol–water partition coefficient (Wildman–Crippen LogP) is 23.3. The van der Waals surface area contributed by atoms with Crippen LogP contribution in [0.2, 0.25) is 0 Å². The van der Waals surface area contributed by atoms with E-state index in [-0.39, 0.29) is 101 Å².